The van der Waals surface area contributed by atoms with Crippen molar-refractivity contribution in [1.82, 2.24) is 4.90 Å². The average Bonchev–Trinajstić information content (AvgIpc) is 2.79. The van der Waals surface area contributed by atoms with E-state index in [1.54, 1.807) is 4.90 Å². The highest BCUT2D eigenvalue weighted by Crippen LogP contribution is 2.26. The minimum absolute atomic E-state index is 0.0504. The maximum atomic E-state index is 11.9. The largest absolute Gasteiger partial charge is 0.481 e. The van der Waals surface area contributed by atoms with Crippen LogP contribution in [0.4, 0.5) is 0 Å². The monoisotopic (exact) mass is 303 g/mol. The lowest BCUT2D eigenvalue weighted by Crippen LogP contribution is -2.30. The van der Waals surface area contributed by atoms with Crippen LogP contribution in [0.2, 0.25) is 0 Å². The fraction of sp³-hybridized carbons (Fsp3) is 0.556. The molecule has 0 unspecified atom stereocenters. The van der Waals surface area contributed by atoms with Crippen LogP contribution in [0, 0.1) is 5.92 Å². The van der Waals surface area contributed by atoms with E-state index in [-0.39, 0.29) is 23.7 Å². The molecule has 22 heavy (non-hydrogen) atoms. The minimum Gasteiger partial charge on any atom is -0.481 e. The molecule has 0 radical (unpaired) electrons. The summed E-state index contributed by atoms with van der Waals surface area (Å²) >= 11 is 0. The number of hydrogen-bond acceptors (Lipinski definition) is 2. The van der Waals surface area contributed by atoms with Crippen LogP contribution in [-0.4, -0.2) is 35.0 Å². The number of carbonyl (C=O) groups is 2. The predicted molar refractivity (Wildman–Crippen MR) is 85.9 cm³/mol. The van der Waals surface area contributed by atoms with Gasteiger partial charge in [-0.25, -0.2) is 0 Å². The molecule has 1 aromatic rings. The maximum absolute atomic E-state index is 11.9. The smallest absolute Gasteiger partial charge is 0.308 e. The van der Waals surface area contributed by atoms with Crippen molar-refractivity contribution in [3.05, 3.63) is 35.4 Å². The zero-order valence-corrected chi connectivity index (χ0v) is 13.8. The SMILES string of the molecule is C[C@@H](CN1C[C@@H](C(=O)O)CC1=O)c1ccc(C(C)(C)C)cc1. The summed E-state index contributed by atoms with van der Waals surface area (Å²) in [6, 6.07) is 8.50. The van der Waals surface area contributed by atoms with Gasteiger partial charge < -0.3 is 10.0 Å². The number of amides is 1. The number of likely N-dealkylation sites (tertiary alicyclic amines) is 1. The Balaban J connectivity index is 2.02. The van der Waals surface area contributed by atoms with Gasteiger partial charge in [-0.05, 0) is 22.5 Å². The van der Waals surface area contributed by atoms with E-state index < -0.39 is 11.9 Å². The van der Waals surface area contributed by atoms with Gasteiger partial charge in [0.25, 0.3) is 0 Å². The van der Waals surface area contributed by atoms with E-state index in [1.807, 2.05) is 0 Å². The summed E-state index contributed by atoms with van der Waals surface area (Å²) in [5.74, 6) is -1.28. The van der Waals surface area contributed by atoms with Crippen molar-refractivity contribution in [3.8, 4) is 0 Å². The van der Waals surface area contributed by atoms with Gasteiger partial charge in [-0.15, -0.1) is 0 Å². The molecule has 1 aromatic carbocycles. The summed E-state index contributed by atoms with van der Waals surface area (Å²) in [6.45, 7) is 9.53. The van der Waals surface area contributed by atoms with Crippen LogP contribution in [0.1, 0.15) is 51.2 Å². The van der Waals surface area contributed by atoms with Crippen molar-refractivity contribution in [1.29, 1.82) is 0 Å². The summed E-state index contributed by atoms with van der Waals surface area (Å²) in [6.07, 6.45) is 0.130. The minimum atomic E-state index is -0.877. The highest BCUT2D eigenvalue weighted by molar-refractivity contribution is 5.86. The number of rotatable bonds is 4. The number of aliphatic carboxylic acids is 1. The van der Waals surface area contributed by atoms with Crippen LogP contribution >= 0.6 is 0 Å². The summed E-state index contributed by atoms with van der Waals surface area (Å²) in [5, 5.41) is 9.03. The van der Waals surface area contributed by atoms with Gasteiger partial charge in [0.1, 0.15) is 0 Å². The number of carbonyl (C=O) groups excluding carboxylic acids is 1. The fourth-order valence-electron chi connectivity index (χ4n) is 2.86. The molecule has 0 saturated carbocycles. The highest BCUT2D eigenvalue weighted by Gasteiger charge is 2.34. The Bertz CT molecular complexity index is 557. The third kappa shape index (κ3) is 3.67. The van der Waals surface area contributed by atoms with E-state index in [1.165, 1.54) is 11.1 Å². The van der Waals surface area contributed by atoms with Crippen molar-refractivity contribution < 1.29 is 14.7 Å². The van der Waals surface area contributed by atoms with Crippen LogP contribution in [0.5, 0.6) is 0 Å². The lowest BCUT2D eigenvalue weighted by Gasteiger charge is -2.23. The number of carboxylic acids is 1. The first-order valence-corrected chi connectivity index (χ1v) is 7.79. The normalized spacial score (nSPS) is 20.3. The molecule has 0 aliphatic carbocycles. The molecule has 1 aliphatic heterocycles. The van der Waals surface area contributed by atoms with Crippen molar-refractivity contribution in [2.24, 2.45) is 5.92 Å². The number of nitrogens with zero attached hydrogens (tertiary/aromatic N) is 1. The summed E-state index contributed by atoms with van der Waals surface area (Å²) in [7, 11) is 0. The molecule has 1 heterocycles. The molecular weight excluding hydrogens is 278 g/mol. The van der Waals surface area contributed by atoms with Crippen molar-refractivity contribution in [2.75, 3.05) is 13.1 Å². The molecule has 2 rings (SSSR count). The molecule has 0 spiro atoms. The van der Waals surface area contributed by atoms with Crippen molar-refractivity contribution in [3.63, 3.8) is 0 Å². The van der Waals surface area contributed by atoms with Gasteiger partial charge in [0.2, 0.25) is 5.91 Å². The molecular formula is C18H25NO3. The second-order valence-corrected chi connectivity index (χ2v) is 7.31. The van der Waals surface area contributed by atoms with Crippen LogP contribution in [0.15, 0.2) is 24.3 Å². The Hall–Kier alpha value is -1.84. The van der Waals surface area contributed by atoms with Gasteiger partial charge in [-0.2, -0.15) is 0 Å². The van der Waals surface area contributed by atoms with E-state index in [0.29, 0.717) is 13.1 Å². The molecule has 1 N–H and O–H groups in total. The van der Waals surface area contributed by atoms with Crippen LogP contribution in [0.3, 0.4) is 0 Å². The quantitative estimate of drug-likeness (QED) is 0.930. The third-order valence-electron chi connectivity index (χ3n) is 4.40. The lowest BCUT2D eigenvalue weighted by molar-refractivity contribution is -0.141. The van der Waals surface area contributed by atoms with Gasteiger partial charge in [0, 0.05) is 19.5 Å². The summed E-state index contributed by atoms with van der Waals surface area (Å²) in [5.41, 5.74) is 2.59. The van der Waals surface area contributed by atoms with E-state index in [4.69, 9.17) is 5.11 Å². The Morgan fingerprint density at radius 1 is 1.32 bits per heavy atom. The molecule has 0 aromatic heterocycles. The van der Waals surface area contributed by atoms with E-state index in [2.05, 4.69) is 52.0 Å². The van der Waals surface area contributed by atoms with Gasteiger partial charge in [0.05, 0.1) is 5.92 Å². The molecule has 1 aliphatic rings. The van der Waals surface area contributed by atoms with E-state index in [0.717, 1.165) is 0 Å². The Kier molecular flexibility index (Phi) is 4.59. The number of hydrogen-bond donors (Lipinski definition) is 1. The zero-order valence-electron chi connectivity index (χ0n) is 13.8. The standard InChI is InChI=1S/C18H25NO3/c1-12(10-19-11-14(17(21)22)9-16(19)20)13-5-7-15(8-6-13)18(2,3)4/h5-8,12,14H,9-11H2,1-4H3,(H,21,22)/t12-,14-/m0/s1. The van der Waals surface area contributed by atoms with Crippen molar-refractivity contribution in [2.45, 2.75) is 45.4 Å². The molecule has 1 fully saturated rings. The maximum Gasteiger partial charge on any atom is 0.308 e. The van der Waals surface area contributed by atoms with Crippen LogP contribution in [0.25, 0.3) is 0 Å². The number of benzene rings is 1. The number of carboxylic acid groups (broad SMARTS) is 1. The van der Waals surface area contributed by atoms with Gasteiger partial charge in [0.15, 0.2) is 0 Å². The molecule has 4 nitrogen and oxygen atoms in total. The Labute approximate surface area is 132 Å². The molecule has 4 heteroatoms. The molecule has 1 saturated heterocycles. The first-order chi connectivity index (χ1) is 10.2. The molecule has 2 atom stereocenters. The van der Waals surface area contributed by atoms with Crippen LogP contribution < -0.4 is 0 Å². The third-order valence-corrected chi connectivity index (χ3v) is 4.40. The summed E-state index contributed by atoms with van der Waals surface area (Å²) in [4.78, 5) is 24.6. The first-order valence-electron chi connectivity index (χ1n) is 7.79. The lowest BCUT2D eigenvalue weighted by atomic mass is 9.85. The highest BCUT2D eigenvalue weighted by atomic mass is 16.4. The summed E-state index contributed by atoms with van der Waals surface area (Å²) < 4.78 is 0. The van der Waals surface area contributed by atoms with E-state index in [9.17, 15) is 9.59 Å². The zero-order chi connectivity index (χ0) is 16.5. The topological polar surface area (TPSA) is 57.6 Å². The molecule has 1 amide bonds. The second-order valence-electron chi connectivity index (χ2n) is 7.31. The average molecular weight is 303 g/mol. The first kappa shape index (κ1) is 16.5. The van der Waals surface area contributed by atoms with Gasteiger partial charge in [-0.1, -0.05) is 52.0 Å². The Morgan fingerprint density at radius 3 is 2.36 bits per heavy atom. The second kappa shape index (κ2) is 6.11. The van der Waals surface area contributed by atoms with Crippen LogP contribution in [-0.2, 0) is 15.0 Å². The molecule has 0 bridgehead atoms. The predicted octanol–water partition coefficient (Wildman–Crippen LogP) is 3.02. The van der Waals surface area contributed by atoms with Gasteiger partial charge in [-0.3, -0.25) is 9.59 Å². The fourth-order valence-corrected chi connectivity index (χ4v) is 2.86. The van der Waals surface area contributed by atoms with Gasteiger partial charge >= 0.3 is 5.97 Å². The van der Waals surface area contributed by atoms with E-state index >= 15 is 0 Å². The van der Waals surface area contributed by atoms with Crippen molar-refractivity contribution >= 4 is 11.9 Å². The Morgan fingerprint density at radius 2 is 1.91 bits per heavy atom. The molecule has 120 valence electrons.